The Labute approximate surface area is 186 Å². The van der Waals surface area contributed by atoms with Crippen molar-refractivity contribution < 1.29 is 9.59 Å². The number of hydrogen-bond acceptors (Lipinski definition) is 4. The van der Waals surface area contributed by atoms with Crippen LogP contribution >= 0.6 is 0 Å². The van der Waals surface area contributed by atoms with Crippen LogP contribution in [0.25, 0.3) is 0 Å². The number of imidazole rings is 1. The first-order chi connectivity index (χ1) is 15.6. The van der Waals surface area contributed by atoms with Crippen molar-refractivity contribution in [2.75, 3.05) is 22.9 Å². The quantitative estimate of drug-likeness (QED) is 0.629. The van der Waals surface area contributed by atoms with Crippen molar-refractivity contribution >= 4 is 23.2 Å². The van der Waals surface area contributed by atoms with E-state index < -0.39 is 0 Å². The van der Waals surface area contributed by atoms with Crippen LogP contribution in [-0.2, 0) is 29.0 Å². The van der Waals surface area contributed by atoms with Crippen molar-refractivity contribution in [2.45, 2.75) is 25.8 Å². The molecule has 5 rings (SSSR count). The molecular formula is C25H23N5O2. The normalized spacial score (nSPS) is 17.5. The molecular weight excluding hydrogens is 402 g/mol. The molecule has 7 nitrogen and oxygen atoms in total. The number of carbonyl (C=O) groups excluding carboxylic acids is 2. The predicted octanol–water partition coefficient (Wildman–Crippen LogP) is 2.94. The molecule has 1 fully saturated rings. The molecule has 7 heteroatoms. The molecule has 0 radical (unpaired) electrons. The van der Waals surface area contributed by atoms with E-state index in [1.165, 1.54) is 11.1 Å². The Morgan fingerprint density at radius 3 is 2.94 bits per heavy atom. The summed E-state index contributed by atoms with van der Waals surface area (Å²) in [5, 5.41) is 9.13. The third-order valence-electron chi connectivity index (χ3n) is 6.28. The lowest BCUT2D eigenvalue weighted by molar-refractivity contribution is -0.124. The molecule has 3 aromatic rings. The van der Waals surface area contributed by atoms with E-state index >= 15 is 0 Å². The second kappa shape index (κ2) is 8.31. The smallest absolute Gasteiger partial charge is 0.232 e. The third kappa shape index (κ3) is 3.76. The van der Waals surface area contributed by atoms with Gasteiger partial charge in [-0.15, -0.1) is 0 Å². The number of anilines is 2. The molecule has 0 unspecified atom stereocenters. The van der Waals surface area contributed by atoms with Crippen molar-refractivity contribution in [3.63, 3.8) is 0 Å². The average molecular weight is 425 g/mol. The highest BCUT2D eigenvalue weighted by atomic mass is 16.2. The van der Waals surface area contributed by atoms with Gasteiger partial charge in [0.15, 0.2) is 0 Å². The Bertz CT molecular complexity index is 1210. The first-order valence-corrected chi connectivity index (χ1v) is 10.8. The molecule has 2 amide bonds. The molecule has 1 aromatic heterocycles. The number of aryl methyl sites for hydroxylation is 2. The average Bonchev–Trinajstić information content (AvgIpc) is 3.57. The van der Waals surface area contributed by atoms with Crippen LogP contribution < -0.4 is 9.80 Å². The van der Waals surface area contributed by atoms with Crippen LogP contribution in [0.3, 0.4) is 0 Å². The Morgan fingerprint density at radius 2 is 2.12 bits per heavy atom. The van der Waals surface area contributed by atoms with Gasteiger partial charge in [0.2, 0.25) is 11.8 Å². The third-order valence-corrected chi connectivity index (χ3v) is 6.28. The fraction of sp³-hybridized carbons (Fsp3) is 0.280. The molecule has 3 heterocycles. The Kier molecular flexibility index (Phi) is 5.20. The fourth-order valence-corrected chi connectivity index (χ4v) is 4.60. The van der Waals surface area contributed by atoms with Gasteiger partial charge in [-0.3, -0.25) is 9.59 Å². The van der Waals surface area contributed by atoms with Gasteiger partial charge in [-0.2, -0.15) is 5.26 Å². The number of aromatic nitrogens is 2. The Hall–Kier alpha value is -3.92. The molecule has 2 aliphatic heterocycles. The highest BCUT2D eigenvalue weighted by Gasteiger charge is 2.39. The van der Waals surface area contributed by atoms with E-state index in [1.807, 2.05) is 29.6 Å². The highest BCUT2D eigenvalue weighted by molar-refractivity contribution is 6.05. The number of fused-ring (bicyclic) bond motifs is 1. The zero-order chi connectivity index (χ0) is 22.1. The summed E-state index contributed by atoms with van der Waals surface area (Å²) in [5.74, 6) is -0.449. The molecule has 0 bridgehead atoms. The second-order valence-corrected chi connectivity index (χ2v) is 8.32. The topological polar surface area (TPSA) is 82.2 Å². The summed E-state index contributed by atoms with van der Waals surface area (Å²) in [4.78, 5) is 33.5. The standard InChI is InChI=1S/C25H23N5O2/c26-15-19-2-1-3-22(13-19)30-16-21(14-24(30)31)25(32)29-10-7-20-12-18(4-5-23(20)29)6-9-28-11-8-27-17-28/h1-5,8,11-13,17,21H,6-7,9-10,14,16H2/t21-/m0/s1. The number of nitrogens with zero attached hydrogens (tertiary/aromatic N) is 5. The van der Waals surface area contributed by atoms with Crippen LogP contribution in [0.15, 0.2) is 61.2 Å². The van der Waals surface area contributed by atoms with E-state index in [1.54, 1.807) is 29.3 Å². The van der Waals surface area contributed by atoms with Crippen LogP contribution in [0.4, 0.5) is 11.4 Å². The lowest BCUT2D eigenvalue weighted by atomic mass is 10.0. The molecule has 2 aliphatic rings. The number of hydrogen-bond donors (Lipinski definition) is 0. The van der Waals surface area contributed by atoms with Gasteiger partial charge < -0.3 is 14.4 Å². The molecule has 1 atom stereocenters. The highest BCUT2D eigenvalue weighted by Crippen LogP contribution is 2.33. The molecule has 1 saturated heterocycles. The van der Waals surface area contributed by atoms with Crippen molar-refractivity contribution in [2.24, 2.45) is 5.92 Å². The molecule has 160 valence electrons. The van der Waals surface area contributed by atoms with Gasteiger partial charge in [0.25, 0.3) is 0 Å². The summed E-state index contributed by atoms with van der Waals surface area (Å²) >= 11 is 0. The minimum absolute atomic E-state index is 0.00204. The minimum Gasteiger partial charge on any atom is -0.337 e. The number of carbonyl (C=O) groups is 2. The molecule has 2 aromatic carbocycles. The van der Waals surface area contributed by atoms with Crippen molar-refractivity contribution in [1.29, 1.82) is 5.26 Å². The van der Waals surface area contributed by atoms with Crippen LogP contribution in [0.1, 0.15) is 23.1 Å². The monoisotopic (exact) mass is 425 g/mol. The van der Waals surface area contributed by atoms with Gasteiger partial charge in [-0.1, -0.05) is 18.2 Å². The van der Waals surface area contributed by atoms with Gasteiger partial charge in [-0.25, -0.2) is 4.98 Å². The second-order valence-electron chi connectivity index (χ2n) is 8.32. The van der Waals surface area contributed by atoms with Crippen LogP contribution in [0, 0.1) is 17.2 Å². The number of benzene rings is 2. The van der Waals surface area contributed by atoms with E-state index in [-0.39, 0.29) is 24.2 Å². The summed E-state index contributed by atoms with van der Waals surface area (Å²) in [6, 6.07) is 15.4. The maximum Gasteiger partial charge on any atom is 0.232 e. The zero-order valence-corrected chi connectivity index (χ0v) is 17.6. The van der Waals surface area contributed by atoms with Gasteiger partial charge >= 0.3 is 0 Å². The molecule has 32 heavy (non-hydrogen) atoms. The summed E-state index contributed by atoms with van der Waals surface area (Å²) in [6.45, 7) is 1.86. The van der Waals surface area contributed by atoms with Crippen molar-refractivity contribution in [3.8, 4) is 6.07 Å². The first kappa shape index (κ1) is 20.0. The van der Waals surface area contributed by atoms with Gasteiger partial charge in [0, 0.05) is 49.8 Å². The minimum atomic E-state index is -0.375. The summed E-state index contributed by atoms with van der Waals surface area (Å²) in [6.07, 6.45) is 7.48. The Morgan fingerprint density at radius 1 is 1.22 bits per heavy atom. The first-order valence-electron chi connectivity index (χ1n) is 10.8. The SMILES string of the molecule is N#Cc1cccc(N2C[C@@H](C(=O)N3CCc4cc(CCn5ccnc5)ccc43)CC2=O)c1. The predicted molar refractivity (Wildman–Crippen MR) is 120 cm³/mol. The number of nitriles is 1. The number of amides is 2. The zero-order valence-electron chi connectivity index (χ0n) is 17.6. The van der Waals surface area contributed by atoms with Crippen molar-refractivity contribution in [3.05, 3.63) is 77.9 Å². The van der Waals surface area contributed by atoms with Gasteiger partial charge in [0.05, 0.1) is 23.9 Å². The van der Waals surface area contributed by atoms with E-state index in [2.05, 4.69) is 27.8 Å². The molecule has 0 saturated carbocycles. The summed E-state index contributed by atoms with van der Waals surface area (Å²) in [7, 11) is 0. The van der Waals surface area contributed by atoms with E-state index in [0.717, 1.165) is 25.1 Å². The van der Waals surface area contributed by atoms with Crippen LogP contribution in [0.2, 0.25) is 0 Å². The van der Waals surface area contributed by atoms with Crippen LogP contribution in [0.5, 0.6) is 0 Å². The largest absolute Gasteiger partial charge is 0.337 e. The Balaban J connectivity index is 1.28. The lowest BCUT2D eigenvalue weighted by Gasteiger charge is -2.22. The maximum atomic E-state index is 13.3. The van der Waals surface area contributed by atoms with Gasteiger partial charge in [0.1, 0.15) is 0 Å². The van der Waals surface area contributed by atoms with E-state index in [0.29, 0.717) is 24.3 Å². The number of rotatable bonds is 5. The summed E-state index contributed by atoms with van der Waals surface area (Å²) < 4.78 is 2.05. The van der Waals surface area contributed by atoms with Crippen LogP contribution in [-0.4, -0.2) is 34.5 Å². The fourth-order valence-electron chi connectivity index (χ4n) is 4.60. The maximum absolute atomic E-state index is 13.3. The van der Waals surface area contributed by atoms with E-state index in [9.17, 15) is 9.59 Å². The van der Waals surface area contributed by atoms with Gasteiger partial charge in [-0.05, 0) is 48.2 Å². The lowest BCUT2D eigenvalue weighted by Crippen LogP contribution is -2.36. The van der Waals surface area contributed by atoms with E-state index in [4.69, 9.17) is 5.26 Å². The molecule has 0 spiro atoms. The summed E-state index contributed by atoms with van der Waals surface area (Å²) in [5.41, 5.74) is 4.56. The van der Waals surface area contributed by atoms with Crippen molar-refractivity contribution in [1.82, 2.24) is 9.55 Å². The molecule has 0 aliphatic carbocycles. The molecule has 0 N–H and O–H groups in total.